The van der Waals surface area contributed by atoms with Crippen LogP contribution < -0.4 is 0 Å². The van der Waals surface area contributed by atoms with Crippen LogP contribution in [0.3, 0.4) is 0 Å². The molecule has 0 saturated heterocycles. The maximum atomic E-state index is 12.8. The van der Waals surface area contributed by atoms with E-state index in [1.165, 1.54) is 154 Å². The molecule has 9 nitrogen and oxygen atoms in total. The molecule has 73 heavy (non-hydrogen) atoms. The second-order valence-corrected chi connectivity index (χ2v) is 20.9. The Balaban J connectivity index is 4.24. The Hall–Kier alpha value is -3.53. The topological polar surface area (TPSA) is 108 Å². The second kappa shape index (κ2) is 54.7. The van der Waals surface area contributed by atoms with Crippen LogP contribution in [-0.4, -0.2) is 87.4 Å². The molecule has 0 heterocycles. The Labute approximate surface area is 449 Å². The number of ether oxygens (including phenoxy) is 4. The van der Waals surface area contributed by atoms with E-state index < -0.39 is 24.3 Å². The number of rotatable bonds is 54. The molecule has 0 fully saturated rings. The molecule has 9 heteroatoms. The highest BCUT2D eigenvalue weighted by Gasteiger charge is 2.25. The number of carboxylic acid groups (broad SMARTS) is 1. The third kappa shape index (κ3) is 56.0. The number of quaternary nitrogens is 1. The number of aliphatic carboxylic acids is 1. The van der Waals surface area contributed by atoms with Crippen molar-refractivity contribution in [2.24, 2.45) is 0 Å². The number of hydrogen-bond donors (Lipinski definition) is 1. The minimum Gasteiger partial charge on any atom is -0.477 e. The Kier molecular flexibility index (Phi) is 52.1. The van der Waals surface area contributed by atoms with Gasteiger partial charge in [-0.1, -0.05) is 240 Å². The minimum absolute atomic E-state index is 0.132. The van der Waals surface area contributed by atoms with E-state index in [0.29, 0.717) is 17.4 Å². The van der Waals surface area contributed by atoms with E-state index in [9.17, 15) is 19.5 Å². The molecule has 0 bridgehead atoms. The maximum Gasteiger partial charge on any atom is 0.361 e. The lowest BCUT2D eigenvalue weighted by Crippen LogP contribution is -2.40. The summed E-state index contributed by atoms with van der Waals surface area (Å²) in [6, 6.07) is 0. The number of carbonyl (C=O) groups excluding carboxylic acids is 2. The van der Waals surface area contributed by atoms with Crippen molar-refractivity contribution in [3.8, 4) is 0 Å². The number of allylic oxidation sites excluding steroid dienone is 14. The van der Waals surface area contributed by atoms with Crippen molar-refractivity contribution in [3.05, 3.63) is 85.1 Å². The monoisotopic (exact) mass is 1020 g/mol. The van der Waals surface area contributed by atoms with E-state index >= 15 is 0 Å². The van der Waals surface area contributed by atoms with E-state index in [4.69, 9.17) is 18.9 Å². The van der Waals surface area contributed by atoms with E-state index in [1.54, 1.807) is 0 Å². The summed E-state index contributed by atoms with van der Waals surface area (Å²) >= 11 is 0. The number of carboxylic acids is 1. The van der Waals surface area contributed by atoms with Crippen LogP contribution in [0.15, 0.2) is 85.1 Å². The maximum absolute atomic E-state index is 12.8. The van der Waals surface area contributed by atoms with Gasteiger partial charge < -0.3 is 28.5 Å². The lowest BCUT2D eigenvalue weighted by molar-refractivity contribution is -0.870. The fourth-order valence-electron chi connectivity index (χ4n) is 8.09. The highest BCUT2D eigenvalue weighted by Crippen LogP contribution is 2.16. The first-order valence-electron chi connectivity index (χ1n) is 29.8. The first-order chi connectivity index (χ1) is 35.6. The van der Waals surface area contributed by atoms with Gasteiger partial charge in [0, 0.05) is 12.8 Å². The lowest BCUT2D eigenvalue weighted by atomic mass is 10.0. The van der Waals surface area contributed by atoms with Gasteiger partial charge in [-0.2, -0.15) is 0 Å². The van der Waals surface area contributed by atoms with Crippen LogP contribution in [0.25, 0.3) is 0 Å². The Bertz CT molecular complexity index is 1470. The van der Waals surface area contributed by atoms with Crippen LogP contribution >= 0.6 is 0 Å². The highest BCUT2D eigenvalue weighted by molar-refractivity contribution is 5.71. The summed E-state index contributed by atoms with van der Waals surface area (Å²) in [5, 5.41) is 9.69. The zero-order valence-corrected chi connectivity index (χ0v) is 47.8. The predicted octanol–water partition coefficient (Wildman–Crippen LogP) is 17.6. The SMILES string of the molecule is CC/C=C\C/C=C\C/C=C\C/C=C\C/C=C\C/C=C\CCC(=O)OC(COC(=O)CCCCCCCCCCCCCCCCCCC/C=C\CCCCCCCCCC)COC(OCC[N+](C)(C)C)C(=O)O. The number of esters is 2. The van der Waals surface area contributed by atoms with E-state index in [-0.39, 0.29) is 38.6 Å². The number of likely N-dealkylation sites (N-methyl/N-ethyl adjacent to an activating group) is 1. The average molecular weight is 1020 g/mol. The van der Waals surface area contributed by atoms with Crippen molar-refractivity contribution in [3.63, 3.8) is 0 Å². The van der Waals surface area contributed by atoms with Gasteiger partial charge in [-0.15, -0.1) is 0 Å². The molecule has 420 valence electrons. The molecule has 0 aliphatic heterocycles. The van der Waals surface area contributed by atoms with Gasteiger partial charge in [0.25, 0.3) is 6.29 Å². The van der Waals surface area contributed by atoms with Gasteiger partial charge in [0.2, 0.25) is 0 Å². The number of unbranched alkanes of at least 4 members (excludes halogenated alkanes) is 25. The van der Waals surface area contributed by atoms with Crippen molar-refractivity contribution >= 4 is 17.9 Å². The van der Waals surface area contributed by atoms with E-state index in [2.05, 4.69) is 86.8 Å². The summed E-state index contributed by atoms with van der Waals surface area (Å²) in [4.78, 5) is 37.4. The van der Waals surface area contributed by atoms with Gasteiger partial charge in [0.15, 0.2) is 6.10 Å². The van der Waals surface area contributed by atoms with Crippen molar-refractivity contribution in [1.29, 1.82) is 0 Å². The van der Waals surface area contributed by atoms with E-state index in [0.717, 1.165) is 57.8 Å². The molecule has 0 amide bonds. The second-order valence-electron chi connectivity index (χ2n) is 20.9. The molecule has 2 unspecified atom stereocenters. The van der Waals surface area contributed by atoms with Crippen LogP contribution in [0.4, 0.5) is 0 Å². The quantitative estimate of drug-likeness (QED) is 0.0211. The molecule has 0 aromatic heterocycles. The smallest absolute Gasteiger partial charge is 0.361 e. The molecule has 1 N–H and O–H groups in total. The highest BCUT2D eigenvalue weighted by atomic mass is 16.7. The van der Waals surface area contributed by atoms with Crippen molar-refractivity contribution < 1.29 is 42.9 Å². The predicted molar refractivity (Wildman–Crippen MR) is 309 cm³/mol. The third-order valence-corrected chi connectivity index (χ3v) is 12.6. The van der Waals surface area contributed by atoms with Gasteiger partial charge in [-0.3, -0.25) is 9.59 Å². The van der Waals surface area contributed by atoms with Gasteiger partial charge >= 0.3 is 17.9 Å². The molecule has 0 aliphatic rings. The normalized spacial score (nSPS) is 13.4. The van der Waals surface area contributed by atoms with Crippen LogP contribution in [0.2, 0.25) is 0 Å². The van der Waals surface area contributed by atoms with Crippen molar-refractivity contribution in [2.45, 2.75) is 257 Å². The summed E-state index contributed by atoms with van der Waals surface area (Å²) in [7, 11) is 5.94. The first kappa shape index (κ1) is 69.5. The standard InChI is InChI=1S/C64H111NO8/c1-6-8-10-12-14-16-18-20-22-24-26-27-28-29-30-31-32-33-34-35-37-38-40-42-44-46-48-50-52-54-61(66)71-58-60(59-72-64(63(68)69)70-57-56-65(3,4)5)73-62(67)55-53-51-49-47-45-43-41-39-36-25-23-21-19-17-15-13-11-9-7-2/h9,11,15,17,21,23-24,26,36,39,43,45,49,51,60,64H,6-8,10,12-14,16,18-20,22,25,27-35,37-38,40-42,44,46-48,50,52-59H2,1-5H3/p+1/b11-9-,17-15-,23-21-,26-24-,39-36-,45-43-,51-49-. The van der Waals surface area contributed by atoms with Gasteiger partial charge in [-0.05, 0) is 77.0 Å². The third-order valence-electron chi connectivity index (χ3n) is 12.6. The molecule has 0 aliphatic carbocycles. The Morgan fingerprint density at radius 2 is 0.808 bits per heavy atom. The summed E-state index contributed by atoms with van der Waals surface area (Å²) in [6.45, 7) is 4.69. The van der Waals surface area contributed by atoms with E-state index in [1.807, 2.05) is 33.3 Å². The van der Waals surface area contributed by atoms with Crippen LogP contribution in [0.1, 0.15) is 245 Å². The zero-order valence-electron chi connectivity index (χ0n) is 47.8. The van der Waals surface area contributed by atoms with Gasteiger partial charge in [0.05, 0.1) is 34.4 Å². The lowest BCUT2D eigenvalue weighted by Gasteiger charge is -2.25. The Morgan fingerprint density at radius 3 is 1.22 bits per heavy atom. The summed E-state index contributed by atoms with van der Waals surface area (Å²) in [5.41, 5.74) is 0. The van der Waals surface area contributed by atoms with Gasteiger partial charge in [0.1, 0.15) is 13.2 Å². The summed E-state index contributed by atoms with van der Waals surface area (Å²) in [6.07, 6.45) is 69.8. The van der Waals surface area contributed by atoms with Crippen molar-refractivity contribution in [1.82, 2.24) is 0 Å². The van der Waals surface area contributed by atoms with Gasteiger partial charge in [-0.25, -0.2) is 4.79 Å². The zero-order chi connectivity index (χ0) is 53.4. The number of nitrogens with zero attached hydrogens (tertiary/aromatic N) is 1. The van der Waals surface area contributed by atoms with Crippen LogP contribution in [-0.2, 0) is 33.3 Å². The fraction of sp³-hybridized carbons (Fsp3) is 0.734. The number of hydrogen-bond acceptors (Lipinski definition) is 7. The van der Waals surface area contributed by atoms with Crippen molar-refractivity contribution in [2.75, 3.05) is 47.5 Å². The fourth-order valence-corrected chi connectivity index (χ4v) is 8.09. The van der Waals surface area contributed by atoms with Crippen LogP contribution in [0.5, 0.6) is 0 Å². The molecule has 0 rings (SSSR count). The minimum atomic E-state index is -1.53. The molecule has 0 radical (unpaired) electrons. The molecule has 0 spiro atoms. The molecule has 0 aromatic rings. The average Bonchev–Trinajstić information content (AvgIpc) is 3.36. The molecular weight excluding hydrogens is 911 g/mol. The molecule has 0 saturated carbocycles. The molecule has 2 atom stereocenters. The number of carbonyl (C=O) groups is 3. The largest absolute Gasteiger partial charge is 0.477 e. The molecule has 0 aromatic carbocycles. The Morgan fingerprint density at radius 1 is 0.425 bits per heavy atom. The summed E-state index contributed by atoms with van der Waals surface area (Å²) < 4.78 is 22.8. The first-order valence-corrected chi connectivity index (χ1v) is 29.8. The summed E-state index contributed by atoms with van der Waals surface area (Å²) in [5.74, 6) is -2.12. The molecular formula is C64H112NO8+. The van der Waals surface area contributed by atoms with Crippen LogP contribution in [0, 0.1) is 0 Å².